The van der Waals surface area contributed by atoms with Crippen molar-refractivity contribution in [1.29, 1.82) is 0 Å². The van der Waals surface area contributed by atoms with Crippen molar-refractivity contribution in [3.05, 3.63) is 28.4 Å². The molecule has 0 aromatic carbocycles. The maximum Gasteiger partial charge on any atom is 0.303 e. The van der Waals surface area contributed by atoms with Crippen LogP contribution in [0, 0.1) is 5.41 Å². The third-order valence-corrected chi connectivity index (χ3v) is 3.01. The van der Waals surface area contributed by atoms with Gasteiger partial charge in [-0.15, -0.1) is 0 Å². The van der Waals surface area contributed by atoms with Gasteiger partial charge in [0.1, 0.15) is 5.69 Å². The minimum Gasteiger partial charge on any atom is -0.481 e. The molecule has 0 fully saturated rings. The lowest BCUT2D eigenvalue weighted by molar-refractivity contribution is -0.137. The summed E-state index contributed by atoms with van der Waals surface area (Å²) in [6.45, 7) is 4.34. The lowest BCUT2D eigenvalue weighted by Crippen LogP contribution is -2.29. The first-order chi connectivity index (χ1) is 9.30. The van der Waals surface area contributed by atoms with E-state index in [0.717, 1.165) is 6.20 Å². The third-order valence-electron chi connectivity index (χ3n) is 3.01. The van der Waals surface area contributed by atoms with Crippen LogP contribution in [-0.2, 0) is 4.79 Å². The summed E-state index contributed by atoms with van der Waals surface area (Å²) in [7, 11) is 0. The number of nitrogens with one attached hydrogen (secondary N) is 2. The Bertz CT molecular complexity index is 516. The topological polar surface area (TPSA) is 112 Å². The van der Waals surface area contributed by atoms with Crippen LogP contribution in [0.3, 0.4) is 0 Å². The van der Waals surface area contributed by atoms with Crippen LogP contribution in [0.5, 0.6) is 0 Å². The molecule has 7 nitrogen and oxygen atoms in total. The highest BCUT2D eigenvalue weighted by Gasteiger charge is 2.19. The third kappa shape index (κ3) is 5.64. The number of carboxylic acids is 1. The Morgan fingerprint density at radius 2 is 2.10 bits per heavy atom. The molecule has 1 amide bonds. The number of aliphatic carboxylic acids is 1. The van der Waals surface area contributed by atoms with Crippen LogP contribution in [-0.4, -0.2) is 33.5 Å². The predicted octanol–water partition coefficient (Wildman–Crippen LogP) is 0.781. The van der Waals surface area contributed by atoms with Gasteiger partial charge in [-0.05, 0) is 18.3 Å². The predicted molar refractivity (Wildman–Crippen MR) is 72.5 cm³/mol. The van der Waals surface area contributed by atoms with Crippen LogP contribution < -0.4 is 10.9 Å². The second-order valence-corrected chi connectivity index (χ2v) is 5.36. The van der Waals surface area contributed by atoms with Gasteiger partial charge in [-0.2, -0.15) is 0 Å². The number of carbonyl (C=O) groups is 2. The van der Waals surface area contributed by atoms with Crippen molar-refractivity contribution >= 4 is 11.9 Å². The van der Waals surface area contributed by atoms with Crippen molar-refractivity contribution < 1.29 is 14.7 Å². The Hall–Kier alpha value is -2.18. The number of aromatic amines is 1. The zero-order valence-corrected chi connectivity index (χ0v) is 11.6. The summed E-state index contributed by atoms with van der Waals surface area (Å²) < 4.78 is 0. The molecule has 1 rings (SSSR count). The Kier molecular flexibility index (Phi) is 5.42. The largest absolute Gasteiger partial charge is 0.481 e. The molecule has 1 aromatic heterocycles. The SMILES string of the molecule is CC(C)(CCNC(=O)c1c[nH]c(=O)cn1)CCC(=O)O. The van der Waals surface area contributed by atoms with Crippen LogP contribution in [0.25, 0.3) is 0 Å². The highest BCUT2D eigenvalue weighted by atomic mass is 16.4. The molecule has 0 aliphatic heterocycles. The van der Waals surface area contributed by atoms with E-state index in [4.69, 9.17) is 5.11 Å². The van der Waals surface area contributed by atoms with Crippen LogP contribution >= 0.6 is 0 Å². The van der Waals surface area contributed by atoms with E-state index in [-0.39, 0.29) is 29.0 Å². The summed E-state index contributed by atoms with van der Waals surface area (Å²) in [6, 6.07) is 0. The van der Waals surface area contributed by atoms with E-state index >= 15 is 0 Å². The van der Waals surface area contributed by atoms with Crippen molar-refractivity contribution in [2.24, 2.45) is 5.41 Å². The van der Waals surface area contributed by atoms with Gasteiger partial charge in [0.15, 0.2) is 0 Å². The van der Waals surface area contributed by atoms with Gasteiger partial charge in [-0.3, -0.25) is 14.4 Å². The van der Waals surface area contributed by atoms with E-state index in [0.29, 0.717) is 19.4 Å². The summed E-state index contributed by atoms with van der Waals surface area (Å²) >= 11 is 0. The summed E-state index contributed by atoms with van der Waals surface area (Å²) in [4.78, 5) is 39.2. The molecular weight excluding hydrogens is 262 g/mol. The first-order valence-electron chi connectivity index (χ1n) is 6.35. The molecule has 0 atom stereocenters. The fraction of sp³-hybridized carbons (Fsp3) is 0.538. The Morgan fingerprint density at radius 1 is 1.40 bits per heavy atom. The lowest BCUT2D eigenvalue weighted by Gasteiger charge is -2.23. The molecule has 0 unspecified atom stereocenters. The second-order valence-electron chi connectivity index (χ2n) is 5.36. The first-order valence-corrected chi connectivity index (χ1v) is 6.35. The van der Waals surface area contributed by atoms with E-state index in [2.05, 4.69) is 15.3 Å². The average molecular weight is 281 g/mol. The quantitative estimate of drug-likeness (QED) is 0.683. The van der Waals surface area contributed by atoms with Gasteiger partial charge in [-0.25, -0.2) is 4.98 Å². The standard InChI is InChI=1S/C13H19N3O4/c1-13(2,4-3-11(18)19)5-6-14-12(20)9-7-16-10(17)8-15-9/h7-8H,3-6H2,1-2H3,(H,14,20)(H,16,17)(H,18,19). The number of aromatic nitrogens is 2. The van der Waals surface area contributed by atoms with E-state index in [9.17, 15) is 14.4 Å². The van der Waals surface area contributed by atoms with Gasteiger partial charge < -0.3 is 15.4 Å². The molecule has 0 radical (unpaired) electrons. The number of hydrogen-bond acceptors (Lipinski definition) is 4. The molecule has 0 bridgehead atoms. The van der Waals surface area contributed by atoms with Crippen LogP contribution in [0.2, 0.25) is 0 Å². The molecule has 0 spiro atoms. The average Bonchev–Trinajstić information content (AvgIpc) is 2.37. The highest BCUT2D eigenvalue weighted by molar-refractivity contribution is 5.91. The Labute approximate surface area is 116 Å². The molecule has 0 aliphatic carbocycles. The van der Waals surface area contributed by atoms with Crippen molar-refractivity contribution in [2.45, 2.75) is 33.1 Å². The molecule has 20 heavy (non-hydrogen) atoms. The maximum absolute atomic E-state index is 11.7. The van der Waals surface area contributed by atoms with Gasteiger partial charge in [0, 0.05) is 19.2 Å². The fourth-order valence-corrected chi connectivity index (χ4v) is 1.64. The summed E-state index contributed by atoms with van der Waals surface area (Å²) in [5.74, 6) is -1.19. The van der Waals surface area contributed by atoms with Gasteiger partial charge in [0.05, 0.1) is 6.20 Å². The number of amides is 1. The molecule has 0 saturated carbocycles. The Morgan fingerprint density at radius 3 is 2.65 bits per heavy atom. The second kappa shape index (κ2) is 6.83. The van der Waals surface area contributed by atoms with Crippen molar-refractivity contribution in [1.82, 2.24) is 15.3 Å². The van der Waals surface area contributed by atoms with Crippen molar-refractivity contribution in [3.63, 3.8) is 0 Å². The van der Waals surface area contributed by atoms with Crippen LogP contribution in [0.1, 0.15) is 43.6 Å². The molecule has 110 valence electrons. The maximum atomic E-state index is 11.7. The fourth-order valence-electron chi connectivity index (χ4n) is 1.64. The van der Waals surface area contributed by atoms with E-state index < -0.39 is 5.97 Å². The van der Waals surface area contributed by atoms with E-state index in [1.807, 2.05) is 13.8 Å². The number of carboxylic acid groups (broad SMARTS) is 1. The van der Waals surface area contributed by atoms with Crippen LogP contribution in [0.15, 0.2) is 17.2 Å². The van der Waals surface area contributed by atoms with Crippen molar-refractivity contribution in [2.75, 3.05) is 6.54 Å². The molecule has 1 aromatic rings. The molecular formula is C13H19N3O4. The molecule has 0 aliphatic rings. The zero-order chi connectivity index (χ0) is 15.2. The van der Waals surface area contributed by atoms with Gasteiger partial charge in [0.2, 0.25) is 0 Å². The zero-order valence-electron chi connectivity index (χ0n) is 11.6. The first kappa shape index (κ1) is 15.9. The number of hydrogen-bond donors (Lipinski definition) is 3. The normalized spacial score (nSPS) is 11.1. The lowest BCUT2D eigenvalue weighted by atomic mass is 9.84. The molecule has 1 heterocycles. The summed E-state index contributed by atoms with van der Waals surface area (Å²) in [5.41, 5.74) is -0.381. The minimum absolute atomic E-state index is 0.114. The van der Waals surface area contributed by atoms with Crippen LogP contribution in [0.4, 0.5) is 0 Å². The number of carbonyl (C=O) groups excluding carboxylic acids is 1. The number of rotatable bonds is 7. The number of H-pyrrole nitrogens is 1. The molecule has 0 saturated heterocycles. The molecule has 3 N–H and O–H groups in total. The molecule has 7 heteroatoms. The van der Waals surface area contributed by atoms with Gasteiger partial charge in [-0.1, -0.05) is 13.8 Å². The smallest absolute Gasteiger partial charge is 0.303 e. The summed E-state index contributed by atoms with van der Waals surface area (Å²) in [5, 5.41) is 11.3. The number of nitrogens with zero attached hydrogens (tertiary/aromatic N) is 1. The van der Waals surface area contributed by atoms with Gasteiger partial charge >= 0.3 is 5.97 Å². The monoisotopic (exact) mass is 281 g/mol. The Balaban J connectivity index is 2.39. The van der Waals surface area contributed by atoms with E-state index in [1.54, 1.807) is 0 Å². The van der Waals surface area contributed by atoms with Crippen molar-refractivity contribution in [3.8, 4) is 0 Å². The summed E-state index contributed by atoms with van der Waals surface area (Å²) in [6.07, 6.45) is 3.63. The highest BCUT2D eigenvalue weighted by Crippen LogP contribution is 2.25. The van der Waals surface area contributed by atoms with Gasteiger partial charge in [0.25, 0.3) is 11.5 Å². The minimum atomic E-state index is -0.820. The van der Waals surface area contributed by atoms with E-state index in [1.165, 1.54) is 6.20 Å².